The Bertz CT molecular complexity index is 435. The van der Waals surface area contributed by atoms with E-state index in [9.17, 15) is 23.4 Å². The summed E-state index contributed by atoms with van der Waals surface area (Å²) in [6.45, 7) is 1.60. The normalized spacial score (nSPS) is 36.2. The van der Waals surface area contributed by atoms with E-state index in [1.807, 2.05) is 0 Å². The molecule has 1 aromatic rings. The minimum atomic E-state index is -4.94. The lowest BCUT2D eigenvalue weighted by Crippen LogP contribution is -2.56. The van der Waals surface area contributed by atoms with Crippen molar-refractivity contribution in [3.05, 3.63) is 35.9 Å². The van der Waals surface area contributed by atoms with Crippen molar-refractivity contribution >= 4 is 0 Å². The second kappa shape index (κ2) is 4.77. The minimum absolute atomic E-state index is 0.537. The number of hydrogen-bond donors (Lipinski definition) is 2. The van der Waals surface area contributed by atoms with Crippen LogP contribution in [0.4, 0.5) is 13.2 Å². The van der Waals surface area contributed by atoms with Crippen LogP contribution in [0.25, 0.3) is 0 Å². The molecule has 106 valence electrons. The van der Waals surface area contributed by atoms with Gasteiger partial charge in [0.05, 0.1) is 0 Å². The zero-order valence-electron chi connectivity index (χ0n) is 10.3. The van der Waals surface area contributed by atoms with Crippen LogP contribution in [0.15, 0.2) is 30.3 Å². The molecule has 0 amide bonds. The molecule has 0 aromatic heterocycles. The van der Waals surface area contributed by atoms with Crippen molar-refractivity contribution in [3.63, 3.8) is 0 Å². The van der Waals surface area contributed by atoms with Gasteiger partial charge in [-0.1, -0.05) is 37.3 Å². The van der Waals surface area contributed by atoms with E-state index >= 15 is 0 Å². The van der Waals surface area contributed by atoms with Gasteiger partial charge in [-0.15, -0.1) is 0 Å². The minimum Gasteiger partial charge on any atom is -0.368 e. The summed E-state index contributed by atoms with van der Waals surface area (Å²) in [5.41, 5.74) is 0.639. The Balaban J connectivity index is 2.33. The number of ether oxygens (including phenoxy) is 1. The monoisotopic (exact) mass is 276 g/mol. The molecule has 0 bridgehead atoms. The predicted molar refractivity (Wildman–Crippen MR) is 61.1 cm³/mol. The van der Waals surface area contributed by atoms with E-state index in [0.717, 1.165) is 0 Å². The first-order valence-electron chi connectivity index (χ1n) is 5.94. The molecule has 0 radical (unpaired) electrons. The average Bonchev–Trinajstić information content (AvgIpc) is 2.33. The van der Waals surface area contributed by atoms with Crippen LogP contribution >= 0.6 is 0 Å². The Hall–Kier alpha value is -1.11. The van der Waals surface area contributed by atoms with Gasteiger partial charge >= 0.3 is 6.18 Å². The van der Waals surface area contributed by atoms with E-state index in [4.69, 9.17) is 0 Å². The van der Waals surface area contributed by atoms with Gasteiger partial charge in [0.25, 0.3) is 5.79 Å². The number of hydrogen-bond acceptors (Lipinski definition) is 3. The predicted octanol–water partition coefficient (Wildman–Crippen LogP) is 2.40. The average molecular weight is 276 g/mol. The number of aliphatic hydroxyl groups excluding tert-OH is 1. The molecule has 2 unspecified atom stereocenters. The molecule has 0 aliphatic carbocycles. The largest absolute Gasteiger partial charge is 0.443 e. The number of benzene rings is 1. The Morgan fingerprint density at radius 3 is 2.37 bits per heavy atom. The summed E-state index contributed by atoms with van der Waals surface area (Å²) in [6, 6.07) is 8.51. The van der Waals surface area contributed by atoms with Gasteiger partial charge in [-0.05, 0) is 11.5 Å². The van der Waals surface area contributed by atoms with Crippen molar-refractivity contribution < 1.29 is 28.1 Å². The highest BCUT2D eigenvalue weighted by Gasteiger charge is 2.60. The third-order valence-corrected chi connectivity index (χ3v) is 3.57. The number of rotatable bonds is 1. The Kier molecular flexibility index (Phi) is 3.59. The number of alkyl halides is 3. The van der Waals surface area contributed by atoms with Crippen LogP contribution in [-0.2, 0) is 4.74 Å². The maximum Gasteiger partial charge on any atom is 0.443 e. The van der Waals surface area contributed by atoms with Crippen molar-refractivity contribution in [1.82, 2.24) is 0 Å². The zero-order chi connectivity index (χ0) is 14.3. The van der Waals surface area contributed by atoms with E-state index in [2.05, 4.69) is 4.74 Å². The fraction of sp³-hybridized carbons (Fsp3) is 0.538. The van der Waals surface area contributed by atoms with Crippen LogP contribution in [0.5, 0.6) is 0 Å². The topological polar surface area (TPSA) is 49.7 Å². The van der Waals surface area contributed by atoms with Crippen LogP contribution in [0.3, 0.4) is 0 Å². The lowest BCUT2D eigenvalue weighted by Gasteiger charge is -2.43. The van der Waals surface area contributed by atoms with Crippen molar-refractivity contribution in [1.29, 1.82) is 0 Å². The molecule has 2 rings (SSSR count). The first-order chi connectivity index (χ1) is 8.74. The molecule has 1 heterocycles. The van der Waals surface area contributed by atoms with E-state index in [-0.39, 0.29) is 0 Å². The molecule has 3 nitrogen and oxygen atoms in total. The molecular formula is C13H15F3O3. The molecule has 0 spiro atoms. The second-order valence-electron chi connectivity index (χ2n) is 4.87. The molecule has 1 aromatic carbocycles. The van der Waals surface area contributed by atoms with Gasteiger partial charge in [0.1, 0.15) is 0 Å². The molecule has 19 heavy (non-hydrogen) atoms. The van der Waals surface area contributed by atoms with Gasteiger partial charge < -0.3 is 14.9 Å². The van der Waals surface area contributed by atoms with Crippen molar-refractivity contribution in [3.8, 4) is 0 Å². The van der Waals surface area contributed by atoms with E-state index in [1.54, 1.807) is 37.3 Å². The van der Waals surface area contributed by atoms with Gasteiger partial charge in [0.2, 0.25) is 0 Å². The molecule has 2 N–H and O–H groups in total. The molecule has 1 aliphatic heterocycles. The lowest BCUT2D eigenvalue weighted by molar-refractivity contribution is -0.420. The number of aliphatic hydroxyl groups is 2. The SMILES string of the molecule is C[C@H]1C(O)OC(O)(C(F)(F)F)C[C@@H]1c1ccccc1. The zero-order valence-corrected chi connectivity index (χ0v) is 10.3. The van der Waals surface area contributed by atoms with E-state index < -0.39 is 36.5 Å². The Morgan fingerprint density at radius 2 is 1.84 bits per heavy atom. The maximum absolute atomic E-state index is 12.8. The van der Waals surface area contributed by atoms with Gasteiger partial charge in [0, 0.05) is 12.3 Å². The quantitative estimate of drug-likeness (QED) is 0.828. The highest BCUT2D eigenvalue weighted by molar-refractivity contribution is 5.21. The summed E-state index contributed by atoms with van der Waals surface area (Å²) in [7, 11) is 0. The van der Waals surface area contributed by atoms with Crippen LogP contribution in [0.2, 0.25) is 0 Å². The van der Waals surface area contributed by atoms with Crippen LogP contribution in [-0.4, -0.2) is 28.5 Å². The molecule has 1 saturated heterocycles. The lowest BCUT2D eigenvalue weighted by atomic mass is 9.79. The molecular weight excluding hydrogens is 261 g/mol. The van der Waals surface area contributed by atoms with Crippen molar-refractivity contribution in [2.75, 3.05) is 0 Å². The van der Waals surface area contributed by atoms with Gasteiger partial charge in [-0.2, -0.15) is 13.2 Å². The molecule has 1 fully saturated rings. The smallest absolute Gasteiger partial charge is 0.368 e. The van der Waals surface area contributed by atoms with Crippen LogP contribution < -0.4 is 0 Å². The molecule has 0 saturated carbocycles. The van der Waals surface area contributed by atoms with Gasteiger partial charge in [-0.25, -0.2) is 0 Å². The summed E-state index contributed by atoms with van der Waals surface area (Å²) in [5, 5.41) is 19.2. The van der Waals surface area contributed by atoms with Crippen LogP contribution in [0.1, 0.15) is 24.8 Å². The molecule has 1 aliphatic rings. The summed E-state index contributed by atoms with van der Waals surface area (Å²) in [6.07, 6.45) is -7.23. The first-order valence-corrected chi connectivity index (χ1v) is 5.94. The number of halogens is 3. The first kappa shape index (κ1) is 14.3. The van der Waals surface area contributed by atoms with Gasteiger partial charge in [0.15, 0.2) is 6.29 Å². The summed E-state index contributed by atoms with van der Waals surface area (Å²) >= 11 is 0. The third kappa shape index (κ3) is 2.61. The summed E-state index contributed by atoms with van der Waals surface area (Å²) in [4.78, 5) is 0. The molecule has 6 heteroatoms. The summed E-state index contributed by atoms with van der Waals surface area (Å²) in [5.74, 6) is -4.47. The van der Waals surface area contributed by atoms with E-state index in [1.165, 1.54) is 0 Å². The third-order valence-electron chi connectivity index (χ3n) is 3.57. The fourth-order valence-corrected chi connectivity index (χ4v) is 2.34. The summed E-state index contributed by atoms with van der Waals surface area (Å²) < 4.78 is 42.9. The highest BCUT2D eigenvalue weighted by Crippen LogP contribution is 2.47. The van der Waals surface area contributed by atoms with Crippen LogP contribution in [0, 0.1) is 5.92 Å². The van der Waals surface area contributed by atoms with E-state index in [0.29, 0.717) is 5.56 Å². The standard InChI is InChI=1S/C13H15F3O3/c1-8-10(9-5-3-2-4-6-9)7-12(18,13(14,15)16)19-11(8)17/h2-6,8,10-11,17-18H,7H2,1H3/t8-,10+,11?,12?/m1/s1. The van der Waals surface area contributed by atoms with Crippen molar-refractivity contribution in [2.45, 2.75) is 37.5 Å². The molecule has 4 atom stereocenters. The second-order valence-corrected chi connectivity index (χ2v) is 4.87. The highest BCUT2D eigenvalue weighted by atomic mass is 19.4. The van der Waals surface area contributed by atoms with Gasteiger partial charge in [-0.3, -0.25) is 0 Å². The Labute approximate surface area is 108 Å². The maximum atomic E-state index is 12.8. The van der Waals surface area contributed by atoms with Crippen molar-refractivity contribution in [2.24, 2.45) is 5.92 Å². The fourth-order valence-electron chi connectivity index (χ4n) is 2.34. The Morgan fingerprint density at radius 1 is 1.26 bits per heavy atom.